The monoisotopic (exact) mass is 314 g/mol. The first-order valence-electron chi connectivity index (χ1n) is 6.91. The van der Waals surface area contributed by atoms with E-state index >= 15 is 0 Å². The molecule has 0 atom stereocenters. The first-order valence-corrected chi connectivity index (χ1v) is 7.31. The van der Waals surface area contributed by atoms with Crippen molar-refractivity contribution in [1.82, 2.24) is 9.62 Å². The predicted octanol–water partition coefficient (Wildman–Crippen LogP) is 3.50. The number of carbonyl (C=O) groups excluding carboxylic acids is 2. The lowest BCUT2D eigenvalue weighted by Gasteiger charge is -2.15. The molecule has 0 aliphatic rings. The van der Waals surface area contributed by atoms with Gasteiger partial charge in [-0.25, -0.2) is 9.10 Å². The molecular formula is C17H18N2O2S. The SMILES string of the molecule is Cc1ccc(C(=O)N(S)C(=O)NCc2cccc(C)c2)cc1. The zero-order valence-electron chi connectivity index (χ0n) is 12.5. The Morgan fingerprint density at radius 2 is 1.73 bits per heavy atom. The van der Waals surface area contributed by atoms with Crippen LogP contribution in [0.25, 0.3) is 0 Å². The lowest BCUT2D eigenvalue weighted by atomic mass is 10.1. The highest BCUT2D eigenvalue weighted by Crippen LogP contribution is 2.10. The topological polar surface area (TPSA) is 49.4 Å². The fourth-order valence-corrected chi connectivity index (χ4v) is 2.17. The van der Waals surface area contributed by atoms with Crippen LogP contribution in [0.2, 0.25) is 0 Å². The van der Waals surface area contributed by atoms with Gasteiger partial charge in [0.05, 0.1) is 0 Å². The Kier molecular flexibility index (Phi) is 5.22. The Labute approximate surface area is 135 Å². The summed E-state index contributed by atoms with van der Waals surface area (Å²) in [5, 5.41) is 2.68. The van der Waals surface area contributed by atoms with E-state index in [9.17, 15) is 9.59 Å². The number of nitrogens with zero attached hydrogens (tertiary/aromatic N) is 1. The summed E-state index contributed by atoms with van der Waals surface area (Å²) < 4.78 is 0.792. The number of urea groups is 1. The molecule has 2 rings (SSSR count). The lowest BCUT2D eigenvalue weighted by molar-refractivity contribution is 0.0895. The third-order valence-electron chi connectivity index (χ3n) is 3.21. The van der Waals surface area contributed by atoms with Gasteiger partial charge in [-0.05, 0) is 31.5 Å². The molecule has 0 fully saturated rings. The highest BCUT2D eigenvalue weighted by atomic mass is 32.1. The van der Waals surface area contributed by atoms with E-state index in [2.05, 4.69) is 18.1 Å². The third-order valence-corrected chi connectivity index (χ3v) is 3.57. The summed E-state index contributed by atoms with van der Waals surface area (Å²) in [7, 11) is 0. The van der Waals surface area contributed by atoms with Crippen LogP contribution < -0.4 is 5.32 Å². The molecule has 0 aliphatic carbocycles. The molecule has 0 saturated carbocycles. The Balaban J connectivity index is 1.96. The van der Waals surface area contributed by atoms with Crippen LogP contribution in [-0.4, -0.2) is 16.2 Å². The summed E-state index contributed by atoms with van der Waals surface area (Å²) in [6, 6.07) is 14.2. The van der Waals surface area contributed by atoms with Gasteiger partial charge < -0.3 is 5.32 Å². The van der Waals surface area contributed by atoms with Crippen LogP contribution in [0, 0.1) is 13.8 Å². The van der Waals surface area contributed by atoms with Gasteiger partial charge in [-0.1, -0.05) is 60.3 Å². The molecule has 1 N–H and O–H groups in total. The Hall–Kier alpha value is -2.27. The van der Waals surface area contributed by atoms with Crippen molar-refractivity contribution in [1.29, 1.82) is 0 Å². The second-order valence-corrected chi connectivity index (χ2v) is 5.53. The van der Waals surface area contributed by atoms with Crippen LogP contribution in [0.4, 0.5) is 4.79 Å². The minimum absolute atomic E-state index is 0.346. The molecule has 0 saturated heterocycles. The summed E-state index contributed by atoms with van der Waals surface area (Å²) in [6.07, 6.45) is 0. The standard InChI is InChI=1S/C17H18N2O2S/c1-12-6-8-15(9-7-12)16(20)19(22)17(21)18-11-14-5-3-4-13(2)10-14/h3-10,22H,11H2,1-2H3,(H,18,21). The van der Waals surface area contributed by atoms with Crippen LogP contribution in [0.15, 0.2) is 48.5 Å². The molecular weight excluding hydrogens is 296 g/mol. The van der Waals surface area contributed by atoms with E-state index in [1.807, 2.05) is 50.2 Å². The maximum absolute atomic E-state index is 12.2. The Morgan fingerprint density at radius 3 is 2.36 bits per heavy atom. The van der Waals surface area contributed by atoms with Gasteiger partial charge in [0.1, 0.15) is 0 Å². The second kappa shape index (κ2) is 7.13. The van der Waals surface area contributed by atoms with Gasteiger partial charge in [0, 0.05) is 12.1 Å². The van der Waals surface area contributed by atoms with Gasteiger partial charge >= 0.3 is 6.03 Å². The van der Waals surface area contributed by atoms with Crippen LogP contribution in [-0.2, 0) is 6.54 Å². The third kappa shape index (κ3) is 4.11. The second-order valence-electron chi connectivity index (χ2n) is 5.13. The van der Waals surface area contributed by atoms with Crippen molar-refractivity contribution in [2.45, 2.75) is 20.4 Å². The summed E-state index contributed by atoms with van der Waals surface area (Å²) in [6.45, 7) is 4.26. The average molecular weight is 314 g/mol. The van der Waals surface area contributed by atoms with Crippen molar-refractivity contribution in [3.8, 4) is 0 Å². The maximum Gasteiger partial charge on any atom is 0.334 e. The van der Waals surface area contributed by atoms with E-state index in [0.717, 1.165) is 21.0 Å². The number of rotatable bonds is 3. The number of benzene rings is 2. The molecule has 2 aromatic carbocycles. The van der Waals surface area contributed by atoms with Gasteiger partial charge in [0.2, 0.25) is 0 Å². The molecule has 0 radical (unpaired) electrons. The van der Waals surface area contributed by atoms with Gasteiger partial charge in [-0.2, -0.15) is 0 Å². The first-order chi connectivity index (χ1) is 10.5. The normalized spacial score (nSPS) is 10.1. The first kappa shape index (κ1) is 16.1. The molecule has 5 heteroatoms. The largest absolute Gasteiger partial charge is 0.334 e. The van der Waals surface area contributed by atoms with Crippen molar-refractivity contribution >= 4 is 24.8 Å². The molecule has 0 heterocycles. The summed E-state index contributed by atoms with van der Waals surface area (Å²) in [5.41, 5.74) is 3.56. The van der Waals surface area contributed by atoms with Crippen molar-refractivity contribution in [3.63, 3.8) is 0 Å². The van der Waals surface area contributed by atoms with E-state index in [4.69, 9.17) is 0 Å². The van der Waals surface area contributed by atoms with Gasteiger partial charge in [0.15, 0.2) is 0 Å². The lowest BCUT2D eigenvalue weighted by Crippen LogP contribution is -2.37. The van der Waals surface area contributed by atoms with E-state index in [1.54, 1.807) is 12.1 Å². The van der Waals surface area contributed by atoms with Crippen molar-refractivity contribution in [2.75, 3.05) is 0 Å². The fourth-order valence-electron chi connectivity index (χ4n) is 1.99. The number of amides is 3. The molecule has 22 heavy (non-hydrogen) atoms. The van der Waals surface area contributed by atoms with Crippen molar-refractivity contribution in [2.24, 2.45) is 0 Å². The average Bonchev–Trinajstić information content (AvgIpc) is 2.52. The molecule has 0 spiro atoms. The minimum Gasteiger partial charge on any atom is -0.333 e. The number of nitrogens with one attached hydrogen (secondary N) is 1. The summed E-state index contributed by atoms with van der Waals surface area (Å²) in [4.78, 5) is 24.2. The van der Waals surface area contributed by atoms with Crippen molar-refractivity contribution in [3.05, 3.63) is 70.8 Å². The number of imide groups is 1. The van der Waals surface area contributed by atoms with Crippen LogP contribution >= 0.6 is 12.8 Å². The highest BCUT2D eigenvalue weighted by Gasteiger charge is 2.19. The molecule has 4 nitrogen and oxygen atoms in total. The minimum atomic E-state index is -0.546. The zero-order chi connectivity index (χ0) is 16.1. The molecule has 2 aromatic rings. The summed E-state index contributed by atoms with van der Waals surface area (Å²) >= 11 is 4.00. The Bertz CT molecular complexity index is 683. The number of hydrogen-bond donors (Lipinski definition) is 2. The fraction of sp³-hybridized carbons (Fsp3) is 0.176. The smallest absolute Gasteiger partial charge is 0.333 e. The zero-order valence-corrected chi connectivity index (χ0v) is 13.4. The van der Waals surface area contributed by atoms with Gasteiger partial charge in [0.25, 0.3) is 5.91 Å². The highest BCUT2D eigenvalue weighted by molar-refractivity contribution is 7.79. The Morgan fingerprint density at radius 1 is 1.05 bits per heavy atom. The molecule has 0 aliphatic heterocycles. The molecule has 114 valence electrons. The number of aryl methyl sites for hydroxylation is 2. The summed E-state index contributed by atoms with van der Waals surface area (Å²) in [5.74, 6) is -0.454. The van der Waals surface area contributed by atoms with Gasteiger partial charge in [-0.3, -0.25) is 4.79 Å². The maximum atomic E-state index is 12.2. The molecule has 3 amide bonds. The predicted molar refractivity (Wildman–Crippen MR) is 89.7 cm³/mol. The van der Waals surface area contributed by atoms with E-state index in [0.29, 0.717) is 12.1 Å². The number of hydrogen-bond acceptors (Lipinski definition) is 3. The van der Waals surface area contributed by atoms with Gasteiger partial charge in [-0.15, -0.1) is 0 Å². The van der Waals surface area contributed by atoms with Crippen LogP contribution in [0.5, 0.6) is 0 Å². The van der Waals surface area contributed by atoms with Crippen molar-refractivity contribution < 1.29 is 9.59 Å². The molecule has 0 unspecified atom stereocenters. The molecule has 0 bridgehead atoms. The molecule has 0 aromatic heterocycles. The number of thiol groups is 1. The van der Waals surface area contributed by atoms with E-state index < -0.39 is 11.9 Å². The van der Waals surface area contributed by atoms with E-state index in [1.165, 1.54) is 0 Å². The quantitative estimate of drug-likeness (QED) is 0.852. The number of carbonyl (C=O) groups is 2. The van der Waals surface area contributed by atoms with Crippen LogP contribution in [0.1, 0.15) is 27.0 Å². The van der Waals surface area contributed by atoms with E-state index in [-0.39, 0.29) is 0 Å². The van der Waals surface area contributed by atoms with Crippen LogP contribution in [0.3, 0.4) is 0 Å².